The summed E-state index contributed by atoms with van der Waals surface area (Å²) in [5.74, 6) is 1.42. The minimum absolute atomic E-state index is 0.653. The Morgan fingerprint density at radius 3 is 2.50 bits per heavy atom. The lowest BCUT2D eigenvalue weighted by Gasteiger charge is -2.07. The summed E-state index contributed by atoms with van der Waals surface area (Å²) in [6.07, 6.45) is 3.78. The molecule has 1 aromatic carbocycles. The predicted molar refractivity (Wildman–Crippen MR) is 86.4 cm³/mol. The molecule has 0 spiro atoms. The smallest absolute Gasteiger partial charge is 0.159 e. The highest BCUT2D eigenvalue weighted by Gasteiger charge is 2.04. The number of nitrogens with zero attached hydrogens (tertiary/aromatic N) is 2. The molecule has 0 aliphatic heterocycles. The maximum Gasteiger partial charge on any atom is 0.159 e. The monoisotopic (exact) mass is 333 g/mol. The summed E-state index contributed by atoms with van der Waals surface area (Å²) in [5.41, 5.74) is 3.35. The number of rotatable bonds is 5. The van der Waals surface area contributed by atoms with E-state index in [1.54, 1.807) is 0 Å². The van der Waals surface area contributed by atoms with Gasteiger partial charge < -0.3 is 5.32 Å². The first-order chi connectivity index (χ1) is 9.56. The van der Waals surface area contributed by atoms with Crippen molar-refractivity contribution in [3.8, 4) is 11.4 Å². The van der Waals surface area contributed by atoms with Crippen molar-refractivity contribution < 1.29 is 0 Å². The molecular weight excluding hydrogens is 314 g/mol. The van der Waals surface area contributed by atoms with Crippen molar-refractivity contribution in [1.82, 2.24) is 15.3 Å². The van der Waals surface area contributed by atoms with Crippen molar-refractivity contribution in [1.29, 1.82) is 0 Å². The van der Waals surface area contributed by atoms with Crippen molar-refractivity contribution in [2.75, 3.05) is 6.54 Å². The second-order valence-electron chi connectivity index (χ2n) is 5.40. The van der Waals surface area contributed by atoms with Crippen molar-refractivity contribution in [2.45, 2.75) is 27.3 Å². The van der Waals surface area contributed by atoms with Crippen molar-refractivity contribution in [2.24, 2.45) is 5.92 Å². The van der Waals surface area contributed by atoms with E-state index in [4.69, 9.17) is 0 Å². The van der Waals surface area contributed by atoms with Crippen LogP contribution in [-0.2, 0) is 6.54 Å². The predicted octanol–water partition coefficient (Wildman–Crippen LogP) is 3.96. The number of nitrogens with one attached hydrogen (secondary N) is 1. The Bertz CT molecular complexity index is 564. The Balaban J connectivity index is 2.05. The third-order valence-corrected chi connectivity index (χ3v) is 3.87. The van der Waals surface area contributed by atoms with E-state index in [9.17, 15) is 0 Å². The summed E-state index contributed by atoms with van der Waals surface area (Å²) in [7, 11) is 0. The van der Waals surface area contributed by atoms with Crippen LogP contribution in [0.4, 0.5) is 0 Å². The zero-order chi connectivity index (χ0) is 14.5. The van der Waals surface area contributed by atoms with Gasteiger partial charge in [0.25, 0.3) is 0 Å². The van der Waals surface area contributed by atoms with Crippen LogP contribution in [0.25, 0.3) is 11.4 Å². The van der Waals surface area contributed by atoms with Crippen LogP contribution < -0.4 is 5.32 Å². The van der Waals surface area contributed by atoms with Crippen LogP contribution in [0.1, 0.15) is 25.0 Å². The Morgan fingerprint density at radius 1 is 1.20 bits per heavy atom. The fourth-order valence-electron chi connectivity index (χ4n) is 1.83. The van der Waals surface area contributed by atoms with E-state index in [0.29, 0.717) is 5.92 Å². The van der Waals surface area contributed by atoms with Gasteiger partial charge in [-0.15, -0.1) is 0 Å². The summed E-state index contributed by atoms with van der Waals surface area (Å²) in [6, 6.07) is 6.17. The number of hydrogen-bond acceptors (Lipinski definition) is 3. The Kier molecular flexibility index (Phi) is 5.26. The molecule has 1 N–H and O–H groups in total. The maximum absolute atomic E-state index is 4.45. The standard InChI is InChI=1S/C16H20BrN3/c1-11(2)7-18-8-13-9-19-16(20-10-13)14-5-4-12(3)15(17)6-14/h4-6,9-11,18H,7-8H2,1-3H3. The quantitative estimate of drug-likeness (QED) is 0.899. The Hall–Kier alpha value is -1.26. The number of benzene rings is 1. The number of halogens is 1. The summed E-state index contributed by atoms with van der Waals surface area (Å²) >= 11 is 3.54. The molecule has 2 rings (SSSR count). The van der Waals surface area contributed by atoms with E-state index in [2.05, 4.69) is 64.1 Å². The van der Waals surface area contributed by atoms with Crippen LogP contribution >= 0.6 is 15.9 Å². The molecule has 0 aliphatic carbocycles. The van der Waals surface area contributed by atoms with Crippen LogP contribution in [0.2, 0.25) is 0 Å². The molecule has 3 nitrogen and oxygen atoms in total. The fourth-order valence-corrected chi connectivity index (χ4v) is 2.21. The summed E-state index contributed by atoms with van der Waals surface area (Å²) in [6.45, 7) is 8.28. The van der Waals surface area contributed by atoms with Gasteiger partial charge in [0.05, 0.1) is 0 Å². The van der Waals surface area contributed by atoms with Gasteiger partial charge in [0.1, 0.15) is 0 Å². The van der Waals surface area contributed by atoms with Crippen LogP contribution in [0.5, 0.6) is 0 Å². The molecule has 0 unspecified atom stereocenters. The van der Waals surface area contributed by atoms with E-state index in [1.165, 1.54) is 5.56 Å². The minimum atomic E-state index is 0.653. The summed E-state index contributed by atoms with van der Waals surface area (Å²) in [5, 5.41) is 3.39. The Labute approximate surface area is 129 Å². The molecule has 0 bridgehead atoms. The average molecular weight is 334 g/mol. The number of aryl methyl sites for hydroxylation is 1. The highest BCUT2D eigenvalue weighted by atomic mass is 79.9. The van der Waals surface area contributed by atoms with Gasteiger partial charge in [-0.2, -0.15) is 0 Å². The van der Waals surface area contributed by atoms with E-state index in [0.717, 1.165) is 34.5 Å². The summed E-state index contributed by atoms with van der Waals surface area (Å²) < 4.78 is 1.08. The highest BCUT2D eigenvalue weighted by Crippen LogP contribution is 2.23. The first-order valence-electron chi connectivity index (χ1n) is 6.84. The summed E-state index contributed by atoms with van der Waals surface area (Å²) in [4.78, 5) is 8.89. The second kappa shape index (κ2) is 6.95. The molecule has 106 valence electrons. The van der Waals surface area contributed by atoms with E-state index >= 15 is 0 Å². The van der Waals surface area contributed by atoms with Crippen molar-refractivity contribution >= 4 is 15.9 Å². The molecule has 4 heteroatoms. The molecule has 0 radical (unpaired) electrons. The molecule has 1 heterocycles. The third-order valence-electron chi connectivity index (χ3n) is 3.02. The molecule has 0 fully saturated rings. The molecule has 0 aliphatic rings. The van der Waals surface area contributed by atoms with E-state index in [-0.39, 0.29) is 0 Å². The van der Waals surface area contributed by atoms with Gasteiger partial charge >= 0.3 is 0 Å². The zero-order valence-electron chi connectivity index (χ0n) is 12.2. The minimum Gasteiger partial charge on any atom is -0.312 e. The number of aromatic nitrogens is 2. The van der Waals surface area contributed by atoms with Gasteiger partial charge in [0.2, 0.25) is 0 Å². The van der Waals surface area contributed by atoms with Gasteiger partial charge in [-0.3, -0.25) is 0 Å². The number of hydrogen-bond donors (Lipinski definition) is 1. The van der Waals surface area contributed by atoms with E-state index < -0.39 is 0 Å². The highest BCUT2D eigenvalue weighted by molar-refractivity contribution is 9.10. The van der Waals surface area contributed by atoms with Crippen LogP contribution in [0.3, 0.4) is 0 Å². The van der Waals surface area contributed by atoms with Crippen molar-refractivity contribution in [3.05, 3.63) is 46.2 Å². The molecule has 2 aromatic rings. The van der Waals surface area contributed by atoms with Gasteiger partial charge in [-0.25, -0.2) is 9.97 Å². The molecular formula is C16H20BrN3. The first-order valence-corrected chi connectivity index (χ1v) is 7.63. The lowest BCUT2D eigenvalue weighted by molar-refractivity contribution is 0.551. The van der Waals surface area contributed by atoms with Crippen LogP contribution in [-0.4, -0.2) is 16.5 Å². The lowest BCUT2D eigenvalue weighted by Crippen LogP contribution is -2.19. The SMILES string of the molecule is Cc1ccc(-c2ncc(CNCC(C)C)cn2)cc1Br. The molecule has 0 atom stereocenters. The maximum atomic E-state index is 4.45. The fraction of sp³-hybridized carbons (Fsp3) is 0.375. The Morgan fingerprint density at radius 2 is 1.90 bits per heavy atom. The molecule has 0 saturated heterocycles. The first kappa shape index (κ1) is 15.1. The molecule has 0 amide bonds. The largest absolute Gasteiger partial charge is 0.312 e. The normalized spacial score (nSPS) is 11.1. The second-order valence-corrected chi connectivity index (χ2v) is 6.26. The average Bonchev–Trinajstić information content (AvgIpc) is 2.42. The molecule has 20 heavy (non-hydrogen) atoms. The molecule has 1 aromatic heterocycles. The topological polar surface area (TPSA) is 37.8 Å². The van der Waals surface area contributed by atoms with Gasteiger partial charge in [-0.1, -0.05) is 41.9 Å². The lowest BCUT2D eigenvalue weighted by atomic mass is 10.1. The van der Waals surface area contributed by atoms with Crippen LogP contribution in [0.15, 0.2) is 35.1 Å². The van der Waals surface area contributed by atoms with Gasteiger partial charge in [0, 0.05) is 34.5 Å². The van der Waals surface area contributed by atoms with Crippen molar-refractivity contribution in [3.63, 3.8) is 0 Å². The van der Waals surface area contributed by atoms with Gasteiger partial charge in [-0.05, 0) is 31.0 Å². The zero-order valence-corrected chi connectivity index (χ0v) is 13.7. The third kappa shape index (κ3) is 4.12. The van der Waals surface area contributed by atoms with Gasteiger partial charge in [0.15, 0.2) is 5.82 Å². The molecule has 0 saturated carbocycles. The van der Waals surface area contributed by atoms with E-state index in [1.807, 2.05) is 18.5 Å². The van der Waals surface area contributed by atoms with Crippen LogP contribution in [0, 0.1) is 12.8 Å².